The molecule has 3 heteroatoms. The molecule has 1 heterocycles. The van der Waals surface area contributed by atoms with E-state index in [4.69, 9.17) is 0 Å². The molecule has 1 aliphatic heterocycles. The van der Waals surface area contributed by atoms with Gasteiger partial charge in [-0.1, -0.05) is 59.7 Å². The lowest BCUT2D eigenvalue weighted by atomic mass is 10.1. The first-order chi connectivity index (χ1) is 12.0. The van der Waals surface area contributed by atoms with Crippen LogP contribution in [0.3, 0.4) is 0 Å². The van der Waals surface area contributed by atoms with Gasteiger partial charge in [0.25, 0.3) is 5.91 Å². The lowest BCUT2D eigenvalue weighted by Gasteiger charge is -2.13. The predicted octanol–water partition coefficient (Wildman–Crippen LogP) is 4.61. The molecule has 2 rings (SSSR count). The highest BCUT2D eigenvalue weighted by molar-refractivity contribution is 6.13. The summed E-state index contributed by atoms with van der Waals surface area (Å²) >= 11 is 0. The molecular weight excluding hydrogens is 310 g/mol. The largest absolute Gasteiger partial charge is 0.278 e. The van der Waals surface area contributed by atoms with Crippen LogP contribution in [0.4, 0.5) is 0 Å². The van der Waals surface area contributed by atoms with Gasteiger partial charge in [0, 0.05) is 12.1 Å². The number of benzene rings is 1. The zero-order chi connectivity index (χ0) is 18.2. The molecule has 25 heavy (non-hydrogen) atoms. The van der Waals surface area contributed by atoms with Crippen LogP contribution in [0, 0.1) is 0 Å². The van der Waals surface area contributed by atoms with Crippen LogP contribution in [0.25, 0.3) is 0 Å². The second kappa shape index (κ2) is 9.16. The molecule has 0 radical (unpaired) electrons. The number of hydrogen-bond acceptors (Lipinski definition) is 2. The zero-order valence-electron chi connectivity index (χ0n) is 15.4. The van der Waals surface area contributed by atoms with E-state index in [0.717, 1.165) is 18.4 Å². The molecule has 0 unspecified atom stereocenters. The Morgan fingerprint density at radius 1 is 1.12 bits per heavy atom. The summed E-state index contributed by atoms with van der Waals surface area (Å²) in [4.78, 5) is 26.0. The number of carbonyl (C=O) groups is 2. The molecule has 1 saturated heterocycles. The number of hydrogen-bond donors (Lipinski definition) is 0. The van der Waals surface area contributed by atoms with Crippen molar-refractivity contribution in [2.24, 2.45) is 0 Å². The first-order valence-corrected chi connectivity index (χ1v) is 8.85. The van der Waals surface area contributed by atoms with Crippen molar-refractivity contribution in [3.8, 4) is 0 Å². The number of amides is 2. The molecule has 2 amide bonds. The Morgan fingerprint density at radius 3 is 2.52 bits per heavy atom. The van der Waals surface area contributed by atoms with Crippen molar-refractivity contribution in [2.75, 3.05) is 6.54 Å². The van der Waals surface area contributed by atoms with Gasteiger partial charge >= 0.3 is 0 Å². The van der Waals surface area contributed by atoms with Gasteiger partial charge in [-0.2, -0.15) is 0 Å². The predicted molar refractivity (Wildman–Crippen MR) is 102 cm³/mol. The van der Waals surface area contributed by atoms with Gasteiger partial charge in [0.05, 0.1) is 6.42 Å². The molecule has 0 bridgehead atoms. The van der Waals surface area contributed by atoms with Crippen LogP contribution in [0.1, 0.15) is 45.6 Å². The summed E-state index contributed by atoms with van der Waals surface area (Å²) in [6.45, 7) is 6.69. The smallest absolute Gasteiger partial charge is 0.256 e. The fourth-order valence-electron chi connectivity index (χ4n) is 2.78. The van der Waals surface area contributed by atoms with Gasteiger partial charge in [0.2, 0.25) is 5.91 Å². The Bertz CT molecular complexity index is 707. The van der Waals surface area contributed by atoms with Crippen LogP contribution in [0.5, 0.6) is 0 Å². The number of rotatable bonds is 7. The maximum atomic E-state index is 12.5. The maximum Gasteiger partial charge on any atom is 0.256 e. The minimum Gasteiger partial charge on any atom is -0.278 e. The summed E-state index contributed by atoms with van der Waals surface area (Å²) in [5.74, 6) is -0.239. The van der Waals surface area contributed by atoms with Crippen LogP contribution in [0.15, 0.2) is 65.3 Å². The van der Waals surface area contributed by atoms with Gasteiger partial charge in [-0.3, -0.25) is 14.5 Å². The second-order valence-corrected chi connectivity index (χ2v) is 6.79. The molecular formula is C22H27NO2. The standard InChI is InChI=1S/C22H27NO2/c1-17(2)8-7-9-18(3)12-13-20-16-21(24)23(22(20)25)15-14-19-10-5-4-6-11-19/h4-6,8,10-13H,7,9,14-16H2,1-3H3/b18-12+,20-13-. The molecule has 1 fully saturated rings. The van der Waals surface area contributed by atoms with E-state index in [1.165, 1.54) is 16.0 Å². The van der Waals surface area contributed by atoms with Gasteiger partial charge in [0.15, 0.2) is 0 Å². The maximum absolute atomic E-state index is 12.5. The highest BCUT2D eigenvalue weighted by atomic mass is 16.2. The van der Waals surface area contributed by atoms with E-state index in [1.807, 2.05) is 42.5 Å². The van der Waals surface area contributed by atoms with Gasteiger partial charge in [-0.25, -0.2) is 0 Å². The van der Waals surface area contributed by atoms with E-state index < -0.39 is 0 Å². The average molecular weight is 337 g/mol. The first-order valence-electron chi connectivity index (χ1n) is 8.85. The highest BCUT2D eigenvalue weighted by Gasteiger charge is 2.32. The van der Waals surface area contributed by atoms with Gasteiger partial charge in [-0.05, 0) is 45.6 Å². The molecule has 3 nitrogen and oxygen atoms in total. The van der Waals surface area contributed by atoms with E-state index in [-0.39, 0.29) is 18.2 Å². The molecule has 1 aliphatic rings. The Kier molecular flexibility index (Phi) is 6.93. The molecule has 1 aromatic rings. The number of carbonyl (C=O) groups excluding carboxylic acids is 2. The summed E-state index contributed by atoms with van der Waals surface area (Å²) in [6, 6.07) is 9.93. The van der Waals surface area contributed by atoms with Crippen molar-refractivity contribution >= 4 is 11.8 Å². The minimum absolute atomic E-state index is 0.0947. The van der Waals surface area contributed by atoms with Crippen molar-refractivity contribution in [2.45, 2.75) is 46.5 Å². The molecule has 1 aromatic carbocycles. The number of imide groups is 1. The van der Waals surface area contributed by atoms with E-state index in [0.29, 0.717) is 18.5 Å². The van der Waals surface area contributed by atoms with Crippen molar-refractivity contribution in [3.63, 3.8) is 0 Å². The van der Waals surface area contributed by atoms with Gasteiger partial charge in [-0.15, -0.1) is 0 Å². The number of likely N-dealkylation sites (tertiary alicyclic amines) is 1. The summed E-state index contributed by atoms with van der Waals surface area (Å²) < 4.78 is 0. The van der Waals surface area contributed by atoms with Crippen molar-refractivity contribution < 1.29 is 9.59 Å². The van der Waals surface area contributed by atoms with Crippen LogP contribution in [-0.4, -0.2) is 23.3 Å². The quantitative estimate of drug-likeness (QED) is 0.414. The molecule has 132 valence electrons. The molecule has 0 spiro atoms. The van der Waals surface area contributed by atoms with Crippen LogP contribution in [-0.2, 0) is 16.0 Å². The van der Waals surface area contributed by atoms with E-state index in [9.17, 15) is 9.59 Å². The number of allylic oxidation sites excluding steroid dienone is 5. The van der Waals surface area contributed by atoms with Crippen LogP contribution >= 0.6 is 0 Å². The summed E-state index contributed by atoms with van der Waals surface area (Å²) in [7, 11) is 0. The topological polar surface area (TPSA) is 37.4 Å². The first kappa shape index (κ1) is 18.9. The average Bonchev–Trinajstić information content (AvgIpc) is 2.85. The van der Waals surface area contributed by atoms with Crippen LogP contribution < -0.4 is 0 Å². The van der Waals surface area contributed by atoms with Crippen molar-refractivity contribution in [1.82, 2.24) is 4.90 Å². The third-order valence-corrected chi connectivity index (χ3v) is 4.29. The Hall–Kier alpha value is -2.42. The summed E-state index contributed by atoms with van der Waals surface area (Å²) in [6.07, 6.45) is 8.88. The normalized spacial score (nSPS) is 16.7. The van der Waals surface area contributed by atoms with Gasteiger partial charge in [0.1, 0.15) is 0 Å². The lowest BCUT2D eigenvalue weighted by molar-refractivity contribution is -0.137. The molecule has 0 atom stereocenters. The Morgan fingerprint density at radius 2 is 1.84 bits per heavy atom. The third-order valence-electron chi connectivity index (χ3n) is 4.29. The Balaban J connectivity index is 1.94. The SMILES string of the molecule is CC(C)=CCC/C(C)=C/C=C1/CC(=O)N(CCc2ccccc2)C1=O. The second-order valence-electron chi connectivity index (χ2n) is 6.79. The molecule has 0 saturated carbocycles. The van der Waals surface area contributed by atoms with Crippen LogP contribution in [0.2, 0.25) is 0 Å². The summed E-state index contributed by atoms with van der Waals surface area (Å²) in [5.41, 5.74) is 4.26. The number of nitrogens with zero attached hydrogens (tertiary/aromatic N) is 1. The fourth-order valence-corrected chi connectivity index (χ4v) is 2.78. The minimum atomic E-state index is -0.144. The fraction of sp³-hybridized carbons (Fsp3) is 0.364. The van der Waals surface area contributed by atoms with E-state index in [2.05, 4.69) is 26.8 Å². The zero-order valence-corrected chi connectivity index (χ0v) is 15.4. The molecule has 0 aliphatic carbocycles. The monoisotopic (exact) mass is 337 g/mol. The highest BCUT2D eigenvalue weighted by Crippen LogP contribution is 2.20. The molecule has 0 aromatic heterocycles. The van der Waals surface area contributed by atoms with E-state index in [1.54, 1.807) is 0 Å². The molecule has 0 N–H and O–H groups in total. The van der Waals surface area contributed by atoms with Crippen molar-refractivity contribution in [1.29, 1.82) is 0 Å². The Labute approximate surface area is 150 Å². The van der Waals surface area contributed by atoms with Crippen molar-refractivity contribution in [3.05, 3.63) is 70.8 Å². The lowest BCUT2D eigenvalue weighted by Crippen LogP contribution is -2.31. The third kappa shape index (κ3) is 5.86. The van der Waals surface area contributed by atoms with E-state index >= 15 is 0 Å². The summed E-state index contributed by atoms with van der Waals surface area (Å²) in [5, 5.41) is 0. The van der Waals surface area contributed by atoms with Gasteiger partial charge < -0.3 is 0 Å².